The van der Waals surface area contributed by atoms with Crippen molar-refractivity contribution < 1.29 is 19.1 Å². The van der Waals surface area contributed by atoms with Gasteiger partial charge in [0.2, 0.25) is 0 Å². The summed E-state index contributed by atoms with van der Waals surface area (Å²) < 4.78 is 5.31. The minimum Gasteiger partial charge on any atom is -0.455 e. The van der Waals surface area contributed by atoms with Gasteiger partial charge in [-0.3, -0.25) is 19.3 Å². The van der Waals surface area contributed by atoms with E-state index in [4.69, 9.17) is 4.74 Å². The second kappa shape index (κ2) is 9.73. The van der Waals surface area contributed by atoms with E-state index >= 15 is 0 Å². The average Bonchev–Trinajstić information content (AvgIpc) is 2.74. The molecule has 0 spiro atoms. The number of nitrogens with one attached hydrogen (secondary N) is 1. The summed E-state index contributed by atoms with van der Waals surface area (Å²) in [4.78, 5) is 39.3. The summed E-state index contributed by atoms with van der Waals surface area (Å²) in [5.41, 5.74) is 1.31. The summed E-state index contributed by atoms with van der Waals surface area (Å²) in [6.45, 7) is 2.60. The number of hydrogen-bond acceptors (Lipinski definition) is 5. The molecule has 1 N–H and O–H groups in total. The molecule has 0 radical (unpaired) electrons. The fraction of sp³-hybridized carbons (Fsp3) is 0.625. The van der Waals surface area contributed by atoms with Gasteiger partial charge in [0.15, 0.2) is 6.61 Å². The number of carbonyl (C=O) groups excluding carboxylic acids is 3. The standard InChI is InChI=1S/C24H32N2O4/c27-22(16-30-24(29)20-13-18-7-4-8-19(14-20)23(18)28)25-21-9-11-26(12-10-21)15-17-5-2-1-3-6-17/h1-3,5-6,18-21H,4,7-16H2,(H,25,27). The minimum atomic E-state index is -0.313. The number of hydrogen-bond donors (Lipinski definition) is 1. The molecular formula is C24H32N2O4. The van der Waals surface area contributed by atoms with Crippen molar-refractivity contribution in [1.29, 1.82) is 0 Å². The zero-order chi connectivity index (χ0) is 20.9. The Hall–Kier alpha value is -2.21. The molecule has 3 fully saturated rings. The van der Waals surface area contributed by atoms with E-state index in [1.807, 2.05) is 6.07 Å². The minimum absolute atomic E-state index is 0.0185. The monoisotopic (exact) mass is 412 g/mol. The molecule has 2 saturated carbocycles. The molecule has 4 rings (SSSR count). The molecule has 1 aliphatic heterocycles. The van der Waals surface area contributed by atoms with Crippen LogP contribution in [0.15, 0.2) is 30.3 Å². The molecule has 30 heavy (non-hydrogen) atoms. The number of ether oxygens (including phenoxy) is 1. The Balaban J connectivity index is 1.15. The lowest BCUT2D eigenvalue weighted by Crippen LogP contribution is -2.46. The molecule has 1 heterocycles. The Morgan fingerprint density at radius 1 is 1.00 bits per heavy atom. The van der Waals surface area contributed by atoms with Crippen LogP contribution in [0.2, 0.25) is 0 Å². The fourth-order valence-electron chi connectivity index (χ4n) is 5.27. The number of nitrogens with zero attached hydrogens (tertiary/aromatic N) is 1. The van der Waals surface area contributed by atoms with Gasteiger partial charge in [0.1, 0.15) is 5.78 Å². The molecule has 6 heteroatoms. The summed E-state index contributed by atoms with van der Waals surface area (Å²) in [6, 6.07) is 10.5. The lowest BCUT2D eigenvalue weighted by atomic mass is 9.67. The second-order valence-electron chi connectivity index (χ2n) is 9.11. The molecule has 2 aliphatic carbocycles. The molecule has 1 aromatic rings. The highest BCUT2D eigenvalue weighted by Crippen LogP contribution is 2.40. The Morgan fingerprint density at radius 3 is 2.33 bits per heavy atom. The Labute approximate surface area is 178 Å². The molecule has 2 unspecified atom stereocenters. The van der Waals surface area contributed by atoms with Crippen molar-refractivity contribution in [3.05, 3.63) is 35.9 Å². The number of benzene rings is 1. The van der Waals surface area contributed by atoms with Crippen molar-refractivity contribution in [3.8, 4) is 0 Å². The molecular weight excluding hydrogens is 380 g/mol. The molecule has 0 aromatic heterocycles. The summed E-state index contributed by atoms with van der Waals surface area (Å²) in [7, 11) is 0. The molecule has 1 aromatic carbocycles. The lowest BCUT2D eigenvalue weighted by molar-refractivity contribution is -0.156. The summed E-state index contributed by atoms with van der Waals surface area (Å²) in [5, 5.41) is 3.01. The molecule has 1 saturated heterocycles. The number of carbonyl (C=O) groups is 3. The number of Topliss-reactive ketones (excluding diaryl/α,β-unsaturated/α-hetero) is 1. The van der Waals surface area contributed by atoms with E-state index in [0.29, 0.717) is 18.6 Å². The number of likely N-dealkylation sites (tertiary alicyclic amines) is 1. The van der Waals surface area contributed by atoms with Crippen LogP contribution in [-0.4, -0.2) is 48.3 Å². The van der Waals surface area contributed by atoms with Gasteiger partial charge >= 0.3 is 5.97 Å². The zero-order valence-corrected chi connectivity index (χ0v) is 17.6. The van der Waals surface area contributed by atoms with Gasteiger partial charge in [-0.15, -0.1) is 0 Å². The van der Waals surface area contributed by atoms with Crippen molar-refractivity contribution in [2.45, 2.75) is 57.5 Å². The molecule has 1 amide bonds. The number of esters is 1. The highest BCUT2D eigenvalue weighted by Gasteiger charge is 2.41. The maximum atomic E-state index is 12.4. The predicted octanol–water partition coefficient (Wildman–Crippen LogP) is 2.71. The van der Waals surface area contributed by atoms with Crippen LogP contribution < -0.4 is 5.32 Å². The maximum Gasteiger partial charge on any atom is 0.309 e. The maximum absolute atomic E-state index is 12.4. The van der Waals surface area contributed by atoms with E-state index < -0.39 is 0 Å². The molecule has 6 nitrogen and oxygen atoms in total. The van der Waals surface area contributed by atoms with Crippen LogP contribution in [-0.2, 0) is 25.7 Å². The first-order valence-corrected chi connectivity index (χ1v) is 11.3. The van der Waals surface area contributed by atoms with Gasteiger partial charge in [0.25, 0.3) is 5.91 Å². The van der Waals surface area contributed by atoms with E-state index in [-0.39, 0.29) is 42.3 Å². The number of rotatable bonds is 6. The SMILES string of the molecule is O=C(COC(=O)C1CC2CCCC(C1)C2=O)NC1CCN(Cc2ccccc2)CC1. The Morgan fingerprint density at radius 2 is 1.67 bits per heavy atom. The van der Waals surface area contributed by atoms with E-state index in [9.17, 15) is 14.4 Å². The zero-order valence-electron chi connectivity index (χ0n) is 17.6. The van der Waals surface area contributed by atoms with Gasteiger partial charge in [-0.25, -0.2) is 0 Å². The van der Waals surface area contributed by atoms with E-state index in [1.165, 1.54) is 5.56 Å². The summed E-state index contributed by atoms with van der Waals surface area (Å²) in [6.07, 6.45) is 5.85. The third-order valence-electron chi connectivity index (χ3n) is 6.93. The molecule has 162 valence electrons. The van der Waals surface area contributed by atoms with Crippen LogP contribution in [0.3, 0.4) is 0 Å². The highest BCUT2D eigenvalue weighted by atomic mass is 16.5. The molecule has 3 aliphatic rings. The smallest absolute Gasteiger partial charge is 0.309 e. The average molecular weight is 413 g/mol. The molecule has 2 bridgehead atoms. The van der Waals surface area contributed by atoms with Crippen LogP contribution in [0.25, 0.3) is 0 Å². The topological polar surface area (TPSA) is 75.7 Å². The van der Waals surface area contributed by atoms with Crippen molar-refractivity contribution >= 4 is 17.7 Å². The second-order valence-corrected chi connectivity index (χ2v) is 9.11. The van der Waals surface area contributed by atoms with Gasteiger partial charge < -0.3 is 10.1 Å². The summed E-state index contributed by atoms with van der Waals surface area (Å²) >= 11 is 0. The highest BCUT2D eigenvalue weighted by molar-refractivity contribution is 5.88. The number of amides is 1. The van der Waals surface area contributed by atoms with Crippen LogP contribution >= 0.6 is 0 Å². The molecule has 2 atom stereocenters. The fourth-order valence-corrected chi connectivity index (χ4v) is 5.27. The van der Waals surface area contributed by atoms with Gasteiger partial charge in [-0.1, -0.05) is 36.8 Å². The van der Waals surface area contributed by atoms with E-state index in [1.54, 1.807) is 0 Å². The van der Waals surface area contributed by atoms with Gasteiger partial charge in [-0.05, 0) is 44.1 Å². The summed E-state index contributed by atoms with van der Waals surface area (Å²) in [5.74, 6) is -0.396. The van der Waals surface area contributed by atoms with Crippen LogP contribution in [0, 0.1) is 17.8 Å². The normalized spacial score (nSPS) is 27.5. The number of fused-ring (bicyclic) bond motifs is 2. The predicted molar refractivity (Wildman–Crippen MR) is 112 cm³/mol. The van der Waals surface area contributed by atoms with Crippen LogP contribution in [0.5, 0.6) is 0 Å². The first-order valence-electron chi connectivity index (χ1n) is 11.3. The number of piperidine rings is 1. The van der Waals surface area contributed by atoms with Crippen LogP contribution in [0.4, 0.5) is 0 Å². The first-order chi connectivity index (χ1) is 14.6. The van der Waals surface area contributed by atoms with E-state index in [0.717, 1.165) is 51.7 Å². The Bertz CT molecular complexity index is 742. The van der Waals surface area contributed by atoms with Gasteiger partial charge in [0.05, 0.1) is 5.92 Å². The van der Waals surface area contributed by atoms with Gasteiger partial charge in [-0.2, -0.15) is 0 Å². The Kier molecular flexibility index (Phi) is 6.82. The van der Waals surface area contributed by atoms with E-state index in [2.05, 4.69) is 34.5 Å². The van der Waals surface area contributed by atoms with Crippen LogP contribution in [0.1, 0.15) is 50.5 Å². The first kappa shape index (κ1) is 21.0. The van der Waals surface area contributed by atoms with Crippen molar-refractivity contribution in [2.24, 2.45) is 17.8 Å². The third-order valence-corrected chi connectivity index (χ3v) is 6.93. The lowest BCUT2D eigenvalue weighted by Gasteiger charge is -2.36. The third kappa shape index (κ3) is 5.28. The quantitative estimate of drug-likeness (QED) is 0.727. The van der Waals surface area contributed by atoms with Crippen molar-refractivity contribution in [2.75, 3.05) is 19.7 Å². The van der Waals surface area contributed by atoms with Crippen molar-refractivity contribution in [3.63, 3.8) is 0 Å². The largest absolute Gasteiger partial charge is 0.455 e. The van der Waals surface area contributed by atoms with Gasteiger partial charge in [0, 0.05) is 37.5 Å². The number of ketones is 1. The van der Waals surface area contributed by atoms with Crippen molar-refractivity contribution in [1.82, 2.24) is 10.2 Å².